The minimum atomic E-state index is -0.379. The van der Waals surface area contributed by atoms with Crippen LogP contribution in [0.2, 0.25) is 0 Å². The standard InChI is InChI=1S/C47H62O8.C46H59NO8/c1-6-39-16-9-10-19-44(39)42-31-40(17-12-27-54-46(48)35(2)3)45(41(32-42)18-13-28-55-47(49)36(4)5)53-26-11-7-8-15-37-20-22-43(23-21-37)52-29-14-25-50-33-38-24-30-51-34-38;1-6-38-16-9-10-19-43(38)41-31-39(17-12-27-54-45(48)35(2)3)44(40(32-41)18-13-28-55-46(49)36(4)5)53-26-11-7-8-15-37-20-22-42(23-21-37)52-29-14-25-50-33-47-24-30-51-34-47/h9-10,16,19-23,31-32,38H,2,4,6-8,11-15,17-18,24-30,33-34H2,1,3,5H3;9-10,16,19-24,30-32H,2,4,6-8,11-15,17-18,25-29,33-34H2,1,3,5H3. The third kappa shape index (κ3) is 32.3. The normalized spacial score (nSPS) is 12.8. The van der Waals surface area contributed by atoms with Gasteiger partial charge in [0, 0.05) is 60.5 Å². The van der Waals surface area contributed by atoms with E-state index in [1.165, 1.54) is 33.4 Å². The first-order valence-electron chi connectivity index (χ1n) is 39.7. The van der Waals surface area contributed by atoms with E-state index in [1.807, 2.05) is 23.2 Å². The Morgan fingerprint density at radius 3 is 1.17 bits per heavy atom. The van der Waals surface area contributed by atoms with Gasteiger partial charge in [-0.2, -0.15) is 0 Å². The van der Waals surface area contributed by atoms with E-state index in [1.54, 1.807) is 34.0 Å². The molecular weight excluding hydrogens is 1390 g/mol. The Morgan fingerprint density at radius 1 is 0.418 bits per heavy atom. The molecule has 0 radical (unpaired) electrons. The van der Waals surface area contributed by atoms with Crippen LogP contribution < -0.4 is 18.9 Å². The lowest BCUT2D eigenvalue weighted by Crippen LogP contribution is -2.19. The average molecular weight is 1510 g/mol. The zero-order valence-corrected chi connectivity index (χ0v) is 66.5. The van der Waals surface area contributed by atoms with E-state index < -0.39 is 0 Å². The fourth-order valence-electron chi connectivity index (χ4n) is 12.7. The van der Waals surface area contributed by atoms with Crippen LogP contribution in [0.4, 0.5) is 0 Å². The van der Waals surface area contributed by atoms with E-state index in [2.05, 4.69) is 149 Å². The first-order valence-corrected chi connectivity index (χ1v) is 39.7. The second-order valence-corrected chi connectivity index (χ2v) is 28.4. The van der Waals surface area contributed by atoms with E-state index in [9.17, 15) is 19.2 Å². The Bertz CT molecular complexity index is 3760. The summed E-state index contributed by atoms with van der Waals surface area (Å²) in [7, 11) is 0. The first kappa shape index (κ1) is 87.8. The Balaban J connectivity index is 0.000000306. The van der Waals surface area contributed by atoms with Crippen LogP contribution in [0, 0.1) is 5.92 Å². The summed E-state index contributed by atoms with van der Waals surface area (Å²) in [4.78, 5) is 50.2. The number of carbonyl (C=O) groups is 4. The Morgan fingerprint density at radius 2 is 0.809 bits per heavy atom. The minimum Gasteiger partial charge on any atom is -0.494 e. The van der Waals surface area contributed by atoms with Crippen LogP contribution >= 0.6 is 0 Å². The molecule has 2 heterocycles. The summed E-state index contributed by atoms with van der Waals surface area (Å²) in [5.41, 5.74) is 15.6. The van der Waals surface area contributed by atoms with Gasteiger partial charge >= 0.3 is 23.9 Å². The van der Waals surface area contributed by atoms with Crippen LogP contribution in [0.3, 0.4) is 0 Å². The quantitative estimate of drug-likeness (QED) is 0.0152. The molecule has 0 spiro atoms. The van der Waals surface area contributed by atoms with Crippen molar-refractivity contribution < 1.29 is 76.0 Å². The predicted molar refractivity (Wildman–Crippen MR) is 436 cm³/mol. The highest BCUT2D eigenvalue weighted by Gasteiger charge is 2.21. The SMILES string of the molecule is C=C(C)C(=O)OCCCc1cc(-c2ccccc2CC)cc(CCCOC(=O)C(=C)C)c1OCCCCCc1ccc(OCCCOCC2CCOC2)cc1.C=C(C)C(=O)OCCCc1cc(-c2ccccc2CC)cc(CCCOC(=O)C(=C)C)c1OCCCCCc1ccc(OCCCOCN2C=COC2)cc1. The molecule has 6 aromatic carbocycles. The van der Waals surface area contributed by atoms with Crippen molar-refractivity contribution in [3.05, 3.63) is 227 Å². The summed E-state index contributed by atoms with van der Waals surface area (Å²) in [6.07, 6.45) is 21.4. The fraction of sp³-hybridized carbons (Fsp3) is 0.462. The van der Waals surface area contributed by atoms with Gasteiger partial charge in [-0.3, -0.25) is 0 Å². The molecule has 6 aromatic rings. The molecule has 8 rings (SSSR count). The Labute approximate surface area is 655 Å². The Hall–Kier alpha value is -9.42. The molecule has 2 aliphatic heterocycles. The molecule has 0 aromatic heterocycles. The second-order valence-electron chi connectivity index (χ2n) is 28.4. The summed E-state index contributed by atoms with van der Waals surface area (Å²) in [5, 5.41) is 0. The van der Waals surface area contributed by atoms with Crippen molar-refractivity contribution in [2.45, 2.75) is 176 Å². The van der Waals surface area contributed by atoms with Crippen LogP contribution in [-0.4, -0.2) is 128 Å². The maximum atomic E-state index is 12.1. The molecule has 1 atom stereocenters. The molecule has 1 unspecified atom stereocenters. The lowest BCUT2D eigenvalue weighted by molar-refractivity contribution is -0.139. The first-order chi connectivity index (χ1) is 53.5. The number of rotatable bonds is 52. The second kappa shape index (κ2) is 50.4. The number of nitrogens with zero attached hydrogens (tertiary/aromatic N) is 1. The molecule has 594 valence electrons. The maximum absolute atomic E-state index is 12.1. The van der Waals surface area contributed by atoms with Gasteiger partial charge in [-0.15, -0.1) is 0 Å². The van der Waals surface area contributed by atoms with Crippen LogP contribution in [-0.2, 0) is 108 Å². The zero-order chi connectivity index (χ0) is 78.5. The van der Waals surface area contributed by atoms with E-state index in [-0.39, 0.29) is 23.9 Å². The number of aryl methyl sites for hydroxylation is 8. The molecule has 0 saturated carbocycles. The molecule has 2 aliphatic rings. The summed E-state index contributed by atoms with van der Waals surface area (Å²) < 4.78 is 68.8. The summed E-state index contributed by atoms with van der Waals surface area (Å²) in [6.45, 7) is 34.2. The number of ether oxygens (including phenoxy) is 12. The maximum Gasteiger partial charge on any atom is 0.333 e. The molecule has 1 saturated heterocycles. The van der Waals surface area contributed by atoms with Crippen molar-refractivity contribution in [2.75, 3.05) is 99.4 Å². The van der Waals surface area contributed by atoms with Crippen LogP contribution in [0.15, 0.2) is 182 Å². The molecule has 0 aliphatic carbocycles. The molecular formula is C93H121NO16. The van der Waals surface area contributed by atoms with Gasteiger partial charge in [0.2, 0.25) is 0 Å². The number of unbranched alkanes of at least 4 members (excludes halogenated alkanes) is 4. The van der Waals surface area contributed by atoms with Gasteiger partial charge in [-0.05, 0) is 265 Å². The molecule has 0 amide bonds. The molecule has 110 heavy (non-hydrogen) atoms. The van der Waals surface area contributed by atoms with Gasteiger partial charge in [0.15, 0.2) is 6.73 Å². The zero-order valence-electron chi connectivity index (χ0n) is 66.5. The monoisotopic (exact) mass is 1510 g/mol. The van der Waals surface area contributed by atoms with Crippen LogP contribution in [0.5, 0.6) is 23.0 Å². The minimum absolute atomic E-state index is 0.294. The number of esters is 4. The van der Waals surface area contributed by atoms with Gasteiger partial charge in [-0.1, -0.05) is 113 Å². The highest BCUT2D eigenvalue weighted by atomic mass is 16.6. The van der Waals surface area contributed by atoms with E-state index in [0.29, 0.717) is 159 Å². The third-order valence-corrected chi connectivity index (χ3v) is 18.8. The van der Waals surface area contributed by atoms with Crippen molar-refractivity contribution in [1.29, 1.82) is 0 Å². The lowest BCUT2D eigenvalue weighted by atomic mass is 9.91. The van der Waals surface area contributed by atoms with E-state index >= 15 is 0 Å². The number of carbonyl (C=O) groups excluding carboxylic acids is 4. The van der Waals surface area contributed by atoms with Crippen molar-refractivity contribution in [3.63, 3.8) is 0 Å². The highest BCUT2D eigenvalue weighted by molar-refractivity contribution is 5.88. The van der Waals surface area contributed by atoms with Gasteiger partial charge in [0.25, 0.3) is 0 Å². The number of hydrogen-bond acceptors (Lipinski definition) is 17. The molecule has 0 N–H and O–H groups in total. The van der Waals surface area contributed by atoms with Crippen molar-refractivity contribution in [2.24, 2.45) is 5.92 Å². The van der Waals surface area contributed by atoms with Gasteiger partial charge in [-0.25, -0.2) is 19.2 Å². The molecule has 1 fully saturated rings. The van der Waals surface area contributed by atoms with E-state index in [0.717, 1.165) is 160 Å². The van der Waals surface area contributed by atoms with E-state index in [4.69, 9.17) is 56.8 Å². The average Bonchev–Trinajstić information content (AvgIpc) is 0.849. The van der Waals surface area contributed by atoms with Gasteiger partial charge in [0.05, 0.1) is 72.7 Å². The third-order valence-electron chi connectivity index (χ3n) is 18.8. The number of hydrogen-bond donors (Lipinski definition) is 0. The summed E-state index contributed by atoms with van der Waals surface area (Å²) in [5.74, 6) is 2.53. The fourth-order valence-corrected chi connectivity index (χ4v) is 12.7. The smallest absolute Gasteiger partial charge is 0.333 e. The van der Waals surface area contributed by atoms with Crippen molar-refractivity contribution >= 4 is 23.9 Å². The Kier molecular flexibility index (Phi) is 40.2. The van der Waals surface area contributed by atoms with Gasteiger partial charge in [0.1, 0.15) is 36.0 Å². The van der Waals surface area contributed by atoms with Crippen molar-refractivity contribution in [1.82, 2.24) is 4.90 Å². The predicted octanol–water partition coefficient (Wildman–Crippen LogP) is 18.9. The summed E-state index contributed by atoms with van der Waals surface area (Å²) >= 11 is 0. The van der Waals surface area contributed by atoms with Gasteiger partial charge < -0.3 is 61.7 Å². The highest BCUT2D eigenvalue weighted by Crippen LogP contribution is 2.37. The van der Waals surface area contributed by atoms with Crippen molar-refractivity contribution in [3.8, 4) is 45.3 Å². The largest absolute Gasteiger partial charge is 0.494 e. The topological polar surface area (TPSA) is 182 Å². The number of benzene rings is 6. The van der Waals surface area contributed by atoms with Crippen LogP contribution in [0.1, 0.15) is 170 Å². The molecule has 17 heteroatoms. The summed E-state index contributed by atoms with van der Waals surface area (Å²) in [6, 6.07) is 42.6. The molecule has 17 nitrogen and oxygen atoms in total. The lowest BCUT2D eigenvalue weighted by Gasteiger charge is -2.20. The molecule has 0 bridgehead atoms. The van der Waals surface area contributed by atoms with Crippen LogP contribution in [0.25, 0.3) is 22.3 Å².